The molecule has 0 bridgehead atoms. The van der Waals surface area contributed by atoms with Gasteiger partial charge in [0.1, 0.15) is 23.3 Å². The molecule has 1 aromatic heterocycles. The largest absolute Gasteiger partial charge is 0.298 e. The van der Waals surface area contributed by atoms with E-state index in [0.717, 1.165) is 22.9 Å². The molecule has 0 N–H and O–H groups in total. The summed E-state index contributed by atoms with van der Waals surface area (Å²) in [6.45, 7) is 5.78. The quantitative estimate of drug-likeness (QED) is 0.677. The molecule has 6 nitrogen and oxygen atoms in total. The Morgan fingerprint density at radius 3 is 2.16 bits per heavy atom. The maximum atomic E-state index is 13.2. The molecule has 1 aliphatic carbocycles. The first-order chi connectivity index (χ1) is 14.5. The van der Waals surface area contributed by atoms with Crippen molar-refractivity contribution in [3.63, 3.8) is 0 Å². The number of aryl methyl sites for hydroxylation is 2. The highest BCUT2D eigenvalue weighted by molar-refractivity contribution is 7.89. The zero-order valence-corrected chi connectivity index (χ0v) is 18.6. The normalized spacial score (nSPS) is 19.6. The second kappa shape index (κ2) is 7.60. The fourth-order valence-electron chi connectivity index (χ4n) is 4.94. The van der Waals surface area contributed by atoms with Gasteiger partial charge in [0.05, 0.1) is 17.6 Å². The number of benzene rings is 1. The van der Waals surface area contributed by atoms with Gasteiger partial charge in [0, 0.05) is 36.9 Å². The Balaban J connectivity index is 1.59. The number of Topliss-reactive ketones (excluding diaryl/α,β-unsaturated/α-hetero) is 2. The number of sulfonamides is 1. The van der Waals surface area contributed by atoms with Gasteiger partial charge in [-0.2, -0.15) is 0 Å². The Morgan fingerprint density at radius 1 is 1.10 bits per heavy atom. The highest BCUT2D eigenvalue weighted by Gasteiger charge is 2.54. The molecule has 1 saturated heterocycles. The molecule has 2 aromatic rings. The number of carbonyl (C=O) groups excluding carboxylic acids is 2. The number of pyridine rings is 1. The molecule has 2 fully saturated rings. The minimum absolute atomic E-state index is 0.0151. The van der Waals surface area contributed by atoms with E-state index in [-0.39, 0.29) is 43.3 Å². The average molecular weight is 445 g/mol. The van der Waals surface area contributed by atoms with Crippen molar-refractivity contribution in [2.45, 2.75) is 39.5 Å². The van der Waals surface area contributed by atoms with Crippen molar-refractivity contribution in [3.05, 3.63) is 53.0 Å². The van der Waals surface area contributed by atoms with Crippen LogP contribution in [0.3, 0.4) is 0 Å². The fraction of sp³-hybridized carbons (Fsp3) is 0.435. The standard InChI is InChI=1S/C23H25FN2O4S/c1-4-31(29,30)26-12-23(13-26)9-19(27)22(20(28)10-23)21-14(2)7-16(8-15(21)3)18-6-5-17(24)11-25-18/h5-8,11,22H,4,9-10,12-13H2,1-3H3. The lowest BCUT2D eigenvalue weighted by atomic mass is 9.63. The number of hydrogen-bond acceptors (Lipinski definition) is 5. The van der Waals surface area contributed by atoms with Crippen molar-refractivity contribution in [1.82, 2.24) is 9.29 Å². The van der Waals surface area contributed by atoms with Crippen molar-refractivity contribution in [2.75, 3.05) is 18.8 Å². The maximum absolute atomic E-state index is 13.2. The number of carbonyl (C=O) groups is 2. The van der Waals surface area contributed by atoms with Gasteiger partial charge in [-0.15, -0.1) is 0 Å². The van der Waals surface area contributed by atoms with E-state index in [2.05, 4.69) is 4.98 Å². The number of halogens is 1. The lowest BCUT2D eigenvalue weighted by Crippen LogP contribution is -2.62. The lowest BCUT2D eigenvalue weighted by Gasteiger charge is -2.51. The van der Waals surface area contributed by atoms with Crippen LogP contribution in [0, 0.1) is 25.1 Å². The van der Waals surface area contributed by atoms with Crippen molar-refractivity contribution in [2.24, 2.45) is 5.41 Å². The first-order valence-electron chi connectivity index (χ1n) is 10.3. The SMILES string of the molecule is CCS(=O)(=O)N1CC2(CC(=O)C(c3c(C)cc(-c4ccc(F)cn4)cc3C)C(=O)C2)C1. The first-order valence-corrected chi connectivity index (χ1v) is 11.9. The van der Waals surface area contributed by atoms with Gasteiger partial charge in [-0.1, -0.05) is 0 Å². The Labute approximate surface area is 181 Å². The minimum atomic E-state index is -3.30. The smallest absolute Gasteiger partial charge is 0.213 e. The fourth-order valence-corrected chi connectivity index (χ4v) is 6.24. The van der Waals surface area contributed by atoms with Crippen LogP contribution < -0.4 is 0 Å². The molecule has 0 unspecified atom stereocenters. The summed E-state index contributed by atoms with van der Waals surface area (Å²) < 4.78 is 38.6. The molecule has 164 valence electrons. The second-order valence-electron chi connectivity index (χ2n) is 8.77. The van der Waals surface area contributed by atoms with Crippen molar-refractivity contribution < 1.29 is 22.4 Å². The molecule has 0 atom stereocenters. The summed E-state index contributed by atoms with van der Waals surface area (Å²) in [5, 5.41) is 0. The molecule has 2 aliphatic rings. The van der Waals surface area contributed by atoms with Gasteiger partial charge >= 0.3 is 0 Å². The molecule has 1 saturated carbocycles. The minimum Gasteiger partial charge on any atom is -0.298 e. The van der Waals surface area contributed by atoms with Gasteiger partial charge in [-0.05, 0) is 61.7 Å². The van der Waals surface area contributed by atoms with Gasteiger partial charge in [-0.25, -0.2) is 17.1 Å². The number of aromatic nitrogens is 1. The molecule has 4 rings (SSSR count). The monoisotopic (exact) mass is 444 g/mol. The number of nitrogens with zero attached hydrogens (tertiary/aromatic N) is 2. The summed E-state index contributed by atoms with van der Waals surface area (Å²) in [4.78, 5) is 30.3. The molecular formula is C23H25FN2O4S. The third-order valence-corrected chi connectivity index (χ3v) is 8.20. The van der Waals surface area contributed by atoms with Gasteiger partial charge in [0.15, 0.2) is 0 Å². The van der Waals surface area contributed by atoms with Crippen molar-refractivity contribution in [1.29, 1.82) is 0 Å². The third-order valence-electron chi connectivity index (χ3n) is 6.43. The first kappa shape index (κ1) is 21.8. The van der Waals surface area contributed by atoms with Crippen LogP contribution in [0.4, 0.5) is 4.39 Å². The van der Waals surface area contributed by atoms with Crippen LogP contribution in [-0.4, -0.2) is 48.1 Å². The Hall–Kier alpha value is -2.45. The van der Waals surface area contributed by atoms with Crippen LogP contribution in [-0.2, 0) is 19.6 Å². The lowest BCUT2D eigenvalue weighted by molar-refractivity contribution is -0.140. The summed E-state index contributed by atoms with van der Waals surface area (Å²) in [5.74, 6) is -1.52. The summed E-state index contributed by atoms with van der Waals surface area (Å²) in [6, 6.07) is 6.67. The van der Waals surface area contributed by atoms with Crippen LogP contribution in [0.5, 0.6) is 0 Å². The second-order valence-corrected chi connectivity index (χ2v) is 11.0. The molecule has 1 aromatic carbocycles. The van der Waals surface area contributed by atoms with Crippen molar-refractivity contribution >= 4 is 21.6 Å². The molecule has 0 radical (unpaired) electrons. The van der Waals surface area contributed by atoms with Crippen LogP contribution >= 0.6 is 0 Å². The van der Waals surface area contributed by atoms with E-state index in [1.165, 1.54) is 10.4 Å². The molecule has 2 heterocycles. The topological polar surface area (TPSA) is 84.4 Å². The third kappa shape index (κ3) is 3.83. The molecule has 1 spiro atoms. The zero-order chi connectivity index (χ0) is 22.6. The van der Waals surface area contributed by atoms with Gasteiger partial charge in [0.2, 0.25) is 10.0 Å². The molecule has 31 heavy (non-hydrogen) atoms. The molecular weight excluding hydrogens is 419 g/mol. The van der Waals surface area contributed by atoms with Gasteiger partial charge in [0.25, 0.3) is 0 Å². The molecule has 8 heteroatoms. The van der Waals surface area contributed by atoms with E-state index >= 15 is 0 Å². The summed E-state index contributed by atoms with van der Waals surface area (Å²) in [7, 11) is -3.30. The Kier molecular flexibility index (Phi) is 5.34. The van der Waals surface area contributed by atoms with E-state index in [1.54, 1.807) is 13.0 Å². The van der Waals surface area contributed by atoms with Crippen LogP contribution in [0.15, 0.2) is 30.5 Å². The predicted octanol–water partition coefficient (Wildman–Crippen LogP) is 3.17. The maximum Gasteiger partial charge on any atom is 0.213 e. The number of hydrogen-bond donors (Lipinski definition) is 0. The van der Waals surface area contributed by atoms with E-state index in [0.29, 0.717) is 11.3 Å². The summed E-state index contributed by atoms with van der Waals surface area (Å²) >= 11 is 0. The predicted molar refractivity (Wildman–Crippen MR) is 115 cm³/mol. The van der Waals surface area contributed by atoms with E-state index < -0.39 is 27.2 Å². The Bertz CT molecular complexity index is 1130. The van der Waals surface area contributed by atoms with Gasteiger partial charge in [-0.3, -0.25) is 14.6 Å². The number of rotatable bonds is 4. The highest BCUT2D eigenvalue weighted by atomic mass is 32.2. The van der Waals surface area contributed by atoms with Crippen LogP contribution in [0.25, 0.3) is 11.3 Å². The van der Waals surface area contributed by atoms with Crippen LogP contribution in [0.2, 0.25) is 0 Å². The molecule has 1 aliphatic heterocycles. The highest BCUT2D eigenvalue weighted by Crippen LogP contribution is 2.47. The van der Waals surface area contributed by atoms with E-state index in [4.69, 9.17) is 0 Å². The summed E-state index contributed by atoms with van der Waals surface area (Å²) in [6.07, 6.45) is 1.57. The van der Waals surface area contributed by atoms with Crippen LogP contribution in [0.1, 0.15) is 42.4 Å². The average Bonchev–Trinajstić information content (AvgIpc) is 2.67. The summed E-state index contributed by atoms with van der Waals surface area (Å²) in [5.41, 5.74) is 3.19. The Morgan fingerprint density at radius 2 is 1.68 bits per heavy atom. The van der Waals surface area contributed by atoms with E-state index in [9.17, 15) is 22.4 Å². The van der Waals surface area contributed by atoms with Gasteiger partial charge < -0.3 is 0 Å². The zero-order valence-electron chi connectivity index (χ0n) is 17.8. The van der Waals surface area contributed by atoms with E-state index in [1.807, 2.05) is 26.0 Å². The van der Waals surface area contributed by atoms with Crippen molar-refractivity contribution in [3.8, 4) is 11.3 Å². The molecule has 0 amide bonds. The number of ketones is 2.